The third-order valence-electron chi connectivity index (χ3n) is 6.21. The second-order valence-corrected chi connectivity index (χ2v) is 8.59. The monoisotopic (exact) mass is 452 g/mol. The molecule has 5 heteroatoms. The molecule has 2 heterocycles. The highest BCUT2D eigenvalue weighted by atomic mass is 16.5. The van der Waals surface area contributed by atoms with E-state index in [1.165, 1.54) is 12.8 Å². The molecular formula is C29H28N2O3. The minimum atomic E-state index is 0.217. The number of ether oxygens (including phenoxy) is 1. The third-order valence-corrected chi connectivity index (χ3v) is 6.21. The Morgan fingerprint density at radius 2 is 1.35 bits per heavy atom. The van der Waals surface area contributed by atoms with Crippen molar-refractivity contribution in [3.63, 3.8) is 0 Å². The van der Waals surface area contributed by atoms with Gasteiger partial charge in [-0.1, -0.05) is 42.5 Å². The van der Waals surface area contributed by atoms with E-state index < -0.39 is 0 Å². The molecule has 0 saturated carbocycles. The van der Waals surface area contributed by atoms with E-state index in [1.807, 2.05) is 60.7 Å². The van der Waals surface area contributed by atoms with E-state index in [0.29, 0.717) is 6.61 Å². The van der Waals surface area contributed by atoms with Crippen LogP contribution >= 0.6 is 0 Å². The van der Waals surface area contributed by atoms with Crippen molar-refractivity contribution >= 4 is 0 Å². The molecule has 1 aromatic heterocycles. The van der Waals surface area contributed by atoms with Gasteiger partial charge < -0.3 is 14.9 Å². The van der Waals surface area contributed by atoms with Gasteiger partial charge in [-0.3, -0.25) is 4.90 Å². The lowest BCUT2D eigenvalue weighted by molar-refractivity contribution is 0.238. The van der Waals surface area contributed by atoms with Gasteiger partial charge in [-0.25, -0.2) is 4.98 Å². The Balaban J connectivity index is 1.63. The molecule has 2 N–H and O–H groups in total. The molecule has 0 unspecified atom stereocenters. The Bertz CT molecular complexity index is 1230. The average Bonchev–Trinajstić information content (AvgIpc) is 3.39. The molecule has 1 saturated heterocycles. The smallest absolute Gasteiger partial charge is 0.131 e. The largest absolute Gasteiger partial charge is 0.508 e. The SMILES string of the molecule is Oc1ccc(-c2cc(OCCN3CCCC3)c(-c3ccc(O)cc3)c(-c3ccccc3)n2)cc1. The lowest BCUT2D eigenvalue weighted by Crippen LogP contribution is -2.25. The van der Waals surface area contributed by atoms with Crippen molar-refractivity contribution < 1.29 is 14.9 Å². The van der Waals surface area contributed by atoms with E-state index in [0.717, 1.165) is 59.0 Å². The maximum atomic E-state index is 9.86. The van der Waals surface area contributed by atoms with Crippen molar-refractivity contribution in [1.82, 2.24) is 9.88 Å². The van der Waals surface area contributed by atoms with Gasteiger partial charge in [-0.05, 0) is 67.9 Å². The highest BCUT2D eigenvalue weighted by Gasteiger charge is 2.19. The topological polar surface area (TPSA) is 65.8 Å². The normalized spacial score (nSPS) is 13.8. The Morgan fingerprint density at radius 3 is 2.00 bits per heavy atom. The highest BCUT2D eigenvalue weighted by Crippen LogP contribution is 2.41. The number of phenolic OH excluding ortho intramolecular Hbond substituents is 2. The first kappa shape index (κ1) is 22.0. The minimum absolute atomic E-state index is 0.217. The zero-order valence-electron chi connectivity index (χ0n) is 19.0. The Kier molecular flexibility index (Phi) is 6.45. The number of nitrogens with zero attached hydrogens (tertiary/aromatic N) is 2. The number of hydrogen-bond donors (Lipinski definition) is 2. The highest BCUT2D eigenvalue weighted by molar-refractivity contribution is 5.87. The molecule has 5 rings (SSSR count). The molecule has 0 spiro atoms. The van der Waals surface area contributed by atoms with Crippen molar-refractivity contribution in [2.75, 3.05) is 26.2 Å². The van der Waals surface area contributed by atoms with Gasteiger partial charge in [0, 0.05) is 23.7 Å². The molecule has 4 aromatic rings. The fourth-order valence-corrected chi connectivity index (χ4v) is 4.42. The average molecular weight is 453 g/mol. The predicted octanol–water partition coefficient (Wildman–Crippen LogP) is 5.97. The fourth-order valence-electron chi connectivity index (χ4n) is 4.42. The molecule has 0 aliphatic carbocycles. The van der Waals surface area contributed by atoms with Crippen LogP contribution in [-0.2, 0) is 0 Å². The first-order valence-electron chi connectivity index (χ1n) is 11.7. The van der Waals surface area contributed by atoms with E-state index >= 15 is 0 Å². The summed E-state index contributed by atoms with van der Waals surface area (Å²) in [6.07, 6.45) is 2.49. The van der Waals surface area contributed by atoms with Crippen LogP contribution in [0.4, 0.5) is 0 Å². The van der Waals surface area contributed by atoms with Gasteiger partial charge in [-0.2, -0.15) is 0 Å². The van der Waals surface area contributed by atoms with Gasteiger partial charge in [0.1, 0.15) is 23.9 Å². The van der Waals surface area contributed by atoms with Gasteiger partial charge in [0.05, 0.1) is 17.0 Å². The van der Waals surface area contributed by atoms with Crippen LogP contribution in [0.2, 0.25) is 0 Å². The van der Waals surface area contributed by atoms with Gasteiger partial charge in [0.2, 0.25) is 0 Å². The Morgan fingerprint density at radius 1 is 0.735 bits per heavy atom. The van der Waals surface area contributed by atoms with Crippen molar-refractivity contribution in [3.8, 4) is 50.9 Å². The van der Waals surface area contributed by atoms with Crippen LogP contribution in [0.3, 0.4) is 0 Å². The van der Waals surface area contributed by atoms with Gasteiger partial charge in [0.15, 0.2) is 0 Å². The third kappa shape index (κ3) is 4.90. The Labute approximate surface area is 199 Å². The van der Waals surface area contributed by atoms with Crippen LogP contribution in [0, 0.1) is 0 Å². The van der Waals surface area contributed by atoms with E-state index in [-0.39, 0.29) is 11.5 Å². The summed E-state index contributed by atoms with van der Waals surface area (Å²) >= 11 is 0. The zero-order valence-corrected chi connectivity index (χ0v) is 19.0. The first-order valence-corrected chi connectivity index (χ1v) is 11.7. The van der Waals surface area contributed by atoms with E-state index in [4.69, 9.17) is 9.72 Å². The summed E-state index contributed by atoms with van der Waals surface area (Å²) in [7, 11) is 0. The molecule has 1 aliphatic heterocycles. The number of aromatic nitrogens is 1. The first-order chi connectivity index (χ1) is 16.7. The molecule has 0 radical (unpaired) electrons. The van der Waals surface area contributed by atoms with Gasteiger partial charge in [0.25, 0.3) is 0 Å². The van der Waals surface area contributed by atoms with Crippen LogP contribution in [0.5, 0.6) is 17.2 Å². The molecule has 5 nitrogen and oxygen atoms in total. The zero-order chi connectivity index (χ0) is 23.3. The van der Waals surface area contributed by atoms with E-state index in [1.54, 1.807) is 24.3 Å². The second kappa shape index (κ2) is 9.98. The molecule has 0 amide bonds. The standard InChI is InChI=1S/C29H28N2O3/c32-24-12-8-21(9-13-24)26-20-27(34-19-18-31-16-4-5-17-31)28(22-10-14-25(33)15-11-22)29(30-26)23-6-2-1-3-7-23/h1-3,6-15,20,32-33H,4-5,16-19H2. The second-order valence-electron chi connectivity index (χ2n) is 8.59. The summed E-state index contributed by atoms with van der Waals surface area (Å²) in [4.78, 5) is 7.48. The lowest BCUT2D eigenvalue weighted by atomic mass is 9.96. The van der Waals surface area contributed by atoms with E-state index in [9.17, 15) is 10.2 Å². The number of pyridine rings is 1. The summed E-state index contributed by atoms with van der Waals surface area (Å²) in [6, 6.07) is 26.3. The molecular weight excluding hydrogens is 424 g/mol. The maximum Gasteiger partial charge on any atom is 0.131 e. The number of likely N-dealkylation sites (tertiary alicyclic amines) is 1. The van der Waals surface area contributed by atoms with Gasteiger partial charge >= 0.3 is 0 Å². The van der Waals surface area contributed by atoms with Crippen molar-refractivity contribution in [1.29, 1.82) is 0 Å². The number of aromatic hydroxyl groups is 2. The quantitative estimate of drug-likeness (QED) is 0.362. The molecule has 0 atom stereocenters. The summed E-state index contributed by atoms with van der Waals surface area (Å²) in [5, 5.41) is 19.6. The molecule has 34 heavy (non-hydrogen) atoms. The lowest BCUT2D eigenvalue weighted by Gasteiger charge is -2.20. The Hall–Kier alpha value is -3.83. The predicted molar refractivity (Wildman–Crippen MR) is 135 cm³/mol. The fraction of sp³-hybridized carbons (Fsp3) is 0.207. The summed E-state index contributed by atoms with van der Waals surface area (Å²) in [5.74, 6) is 1.19. The summed E-state index contributed by atoms with van der Waals surface area (Å²) in [6.45, 7) is 3.71. The van der Waals surface area contributed by atoms with Crippen molar-refractivity contribution in [2.24, 2.45) is 0 Å². The molecule has 3 aromatic carbocycles. The van der Waals surface area contributed by atoms with E-state index in [2.05, 4.69) is 4.90 Å². The van der Waals surface area contributed by atoms with Crippen LogP contribution in [0.1, 0.15) is 12.8 Å². The molecule has 172 valence electrons. The van der Waals surface area contributed by atoms with Crippen LogP contribution in [-0.4, -0.2) is 46.3 Å². The number of phenols is 2. The molecule has 1 fully saturated rings. The number of hydrogen-bond acceptors (Lipinski definition) is 5. The molecule has 1 aliphatic rings. The van der Waals surface area contributed by atoms with Gasteiger partial charge in [-0.15, -0.1) is 0 Å². The minimum Gasteiger partial charge on any atom is -0.508 e. The van der Waals surface area contributed by atoms with Crippen LogP contribution in [0.25, 0.3) is 33.6 Å². The number of rotatable bonds is 7. The van der Waals surface area contributed by atoms with Crippen LogP contribution in [0.15, 0.2) is 84.9 Å². The summed E-state index contributed by atoms with van der Waals surface area (Å²) < 4.78 is 6.44. The van der Waals surface area contributed by atoms with Crippen LogP contribution < -0.4 is 4.74 Å². The van der Waals surface area contributed by atoms with Crippen molar-refractivity contribution in [3.05, 3.63) is 84.9 Å². The number of benzene rings is 3. The maximum absolute atomic E-state index is 9.86. The molecule has 0 bridgehead atoms. The summed E-state index contributed by atoms with van der Waals surface area (Å²) in [5.41, 5.74) is 5.30. The van der Waals surface area contributed by atoms with Crippen molar-refractivity contribution in [2.45, 2.75) is 12.8 Å².